The van der Waals surface area contributed by atoms with Gasteiger partial charge in [-0.3, -0.25) is 9.80 Å². The molecular weight excluding hydrogens is 925 g/mol. The second kappa shape index (κ2) is 21.2. The molecule has 6 aromatic rings. The van der Waals surface area contributed by atoms with Crippen molar-refractivity contribution in [2.45, 2.75) is 123 Å². The van der Waals surface area contributed by atoms with Crippen LogP contribution in [0.2, 0.25) is 0 Å². The monoisotopic (exact) mass is 1000 g/mol. The standard InChI is InChI=1S/C59H80N12O3/c1-41(2)68-25-23-60-59(9,40-68)50-16-14-46(15-17-50)49-37-55-52(18-21-62-71(55)39-49)64-26-30-66(31-27-64)56(72)63-43(5)34-51-35-47(20-24-69(51)42(3)4)44-10-12-45(13-11-44)48-36-54-53(19-22-61-70(54)38-48)65-28-32-67(33-29-65)57(73)74-58(6,7)8/h10-19,21-22,36-39,41-43,47,51,60H,20,23-35,40H2,1-9H3,(H,63,72)/t43?,47?,51?,59-/m1/s1. The van der Waals surface area contributed by atoms with Crippen LogP contribution in [0.25, 0.3) is 33.3 Å². The van der Waals surface area contributed by atoms with Crippen molar-refractivity contribution in [1.29, 1.82) is 0 Å². The maximum atomic E-state index is 13.9. The largest absolute Gasteiger partial charge is 0.444 e. The van der Waals surface area contributed by atoms with Gasteiger partial charge >= 0.3 is 12.1 Å². The number of nitrogens with zero attached hydrogens (tertiary/aromatic N) is 10. The van der Waals surface area contributed by atoms with Gasteiger partial charge in [-0.2, -0.15) is 10.2 Å². The molecule has 3 unspecified atom stereocenters. The van der Waals surface area contributed by atoms with E-state index in [1.165, 1.54) is 22.3 Å². The van der Waals surface area contributed by atoms with E-state index >= 15 is 0 Å². The molecule has 0 spiro atoms. The molecule has 2 aromatic carbocycles. The average Bonchev–Trinajstić information content (AvgIpc) is 4.04. The summed E-state index contributed by atoms with van der Waals surface area (Å²) < 4.78 is 9.60. The molecule has 10 rings (SSSR count). The van der Waals surface area contributed by atoms with Gasteiger partial charge in [0.2, 0.25) is 0 Å². The predicted octanol–water partition coefficient (Wildman–Crippen LogP) is 9.17. The van der Waals surface area contributed by atoms with E-state index in [2.05, 4.69) is 162 Å². The first-order valence-corrected chi connectivity index (χ1v) is 27.4. The van der Waals surface area contributed by atoms with E-state index in [9.17, 15) is 9.59 Å². The van der Waals surface area contributed by atoms with Crippen LogP contribution in [-0.4, -0.2) is 159 Å². The summed E-state index contributed by atoms with van der Waals surface area (Å²) in [6.07, 6.45) is 10.8. The number of piperidine rings is 1. The molecule has 2 N–H and O–H groups in total. The average molecular weight is 1010 g/mol. The number of ether oxygens (including phenoxy) is 1. The topological polar surface area (TPSA) is 121 Å². The number of hydrogen-bond donors (Lipinski definition) is 2. The summed E-state index contributed by atoms with van der Waals surface area (Å²) in [5.74, 6) is 0.446. The maximum absolute atomic E-state index is 13.9. The van der Waals surface area contributed by atoms with Crippen molar-refractivity contribution in [3.05, 3.63) is 109 Å². The number of urea groups is 1. The number of rotatable bonds is 11. The van der Waals surface area contributed by atoms with Gasteiger partial charge in [-0.1, -0.05) is 48.5 Å². The van der Waals surface area contributed by atoms with Crippen LogP contribution in [0.4, 0.5) is 21.0 Å². The normalized spacial score (nSPS) is 22.0. The lowest BCUT2D eigenvalue weighted by molar-refractivity contribution is 0.0240. The SMILES string of the molecule is CC(CC1CC(c2ccc(-c3cc4c(N5CCN(C(=O)OC(C)(C)C)CC5)ccnn4c3)cc2)CCN1C(C)C)NC(=O)N1CCN(c2ccnn3cc(-c4ccc([C@@]5(C)CN(C(C)C)CCN5)cc4)cc23)CC1. The molecule has 0 saturated carbocycles. The quantitative estimate of drug-likeness (QED) is 0.130. The fourth-order valence-corrected chi connectivity index (χ4v) is 12.1. The number of aromatic nitrogens is 4. The minimum Gasteiger partial charge on any atom is -0.444 e. The van der Waals surface area contributed by atoms with Gasteiger partial charge in [0.15, 0.2) is 0 Å². The van der Waals surface area contributed by atoms with Crippen molar-refractivity contribution < 1.29 is 14.3 Å². The van der Waals surface area contributed by atoms with Gasteiger partial charge in [0.1, 0.15) is 5.60 Å². The third kappa shape index (κ3) is 11.1. The van der Waals surface area contributed by atoms with E-state index in [1.54, 1.807) is 4.90 Å². The molecule has 4 aromatic heterocycles. The molecule has 4 aliphatic rings. The van der Waals surface area contributed by atoms with Crippen LogP contribution in [0.3, 0.4) is 0 Å². The van der Waals surface area contributed by atoms with E-state index in [0.29, 0.717) is 50.2 Å². The van der Waals surface area contributed by atoms with Crippen LogP contribution in [0.1, 0.15) is 98.6 Å². The van der Waals surface area contributed by atoms with Gasteiger partial charge < -0.3 is 35.0 Å². The molecule has 8 heterocycles. The zero-order valence-electron chi connectivity index (χ0n) is 45.4. The Labute approximate surface area is 438 Å². The first-order valence-electron chi connectivity index (χ1n) is 27.4. The van der Waals surface area contributed by atoms with Gasteiger partial charge in [-0.25, -0.2) is 18.6 Å². The van der Waals surface area contributed by atoms with Crippen LogP contribution in [-0.2, 0) is 10.3 Å². The second-order valence-corrected chi connectivity index (χ2v) is 23.3. The van der Waals surface area contributed by atoms with Gasteiger partial charge in [0.05, 0.1) is 27.9 Å². The summed E-state index contributed by atoms with van der Waals surface area (Å²) in [7, 11) is 0. The van der Waals surface area contributed by atoms with Gasteiger partial charge in [-0.15, -0.1) is 0 Å². The van der Waals surface area contributed by atoms with Gasteiger partial charge in [0.25, 0.3) is 0 Å². The number of piperazine rings is 3. The molecule has 15 nitrogen and oxygen atoms in total. The Morgan fingerprint density at radius 3 is 1.80 bits per heavy atom. The van der Waals surface area contributed by atoms with Crippen molar-refractivity contribution in [3.8, 4) is 22.3 Å². The first kappa shape index (κ1) is 51.3. The second-order valence-electron chi connectivity index (χ2n) is 23.3. The number of hydrogen-bond acceptors (Lipinski definition) is 10. The molecule has 0 bridgehead atoms. The van der Waals surface area contributed by atoms with Crippen LogP contribution in [0.5, 0.6) is 0 Å². The lowest BCUT2D eigenvalue weighted by atomic mass is 9.82. The Hall–Kier alpha value is -6.16. The van der Waals surface area contributed by atoms with Crippen molar-refractivity contribution >= 4 is 34.5 Å². The Morgan fingerprint density at radius 1 is 0.703 bits per heavy atom. The summed E-state index contributed by atoms with van der Waals surface area (Å²) in [5, 5.41) is 16.6. The van der Waals surface area contributed by atoms with Crippen LogP contribution in [0, 0.1) is 0 Å². The van der Waals surface area contributed by atoms with Crippen molar-refractivity contribution in [2.75, 3.05) is 88.3 Å². The number of benzene rings is 2. The molecule has 4 fully saturated rings. The van der Waals surface area contributed by atoms with E-state index in [0.717, 1.165) is 105 Å². The number of nitrogens with one attached hydrogen (secondary N) is 2. The molecule has 15 heteroatoms. The Bertz CT molecular complexity index is 2890. The predicted molar refractivity (Wildman–Crippen MR) is 297 cm³/mol. The van der Waals surface area contributed by atoms with Crippen molar-refractivity contribution in [1.82, 2.24) is 49.5 Å². The number of amides is 3. The summed E-state index contributed by atoms with van der Waals surface area (Å²) in [6.45, 7) is 29.0. The summed E-state index contributed by atoms with van der Waals surface area (Å²) in [6, 6.07) is 28.3. The number of carbonyl (C=O) groups excluding carboxylic acids is 2. The highest BCUT2D eigenvalue weighted by Gasteiger charge is 2.35. The third-order valence-electron chi connectivity index (χ3n) is 16.3. The zero-order chi connectivity index (χ0) is 51.9. The number of carbonyl (C=O) groups is 2. The fourth-order valence-electron chi connectivity index (χ4n) is 12.1. The lowest BCUT2D eigenvalue weighted by Crippen LogP contribution is -2.58. The van der Waals surface area contributed by atoms with Crippen LogP contribution >= 0.6 is 0 Å². The number of fused-ring (bicyclic) bond motifs is 2. The molecule has 0 aliphatic carbocycles. The maximum Gasteiger partial charge on any atom is 0.410 e. The van der Waals surface area contributed by atoms with Crippen LogP contribution in [0.15, 0.2) is 97.6 Å². The number of likely N-dealkylation sites (tertiary alicyclic amines) is 1. The van der Waals surface area contributed by atoms with E-state index in [4.69, 9.17) is 9.84 Å². The molecule has 394 valence electrons. The van der Waals surface area contributed by atoms with E-state index < -0.39 is 5.60 Å². The summed E-state index contributed by atoms with van der Waals surface area (Å²) in [4.78, 5) is 40.3. The molecule has 0 radical (unpaired) electrons. The molecular formula is C59H80N12O3. The molecule has 4 aliphatic heterocycles. The highest BCUT2D eigenvalue weighted by Crippen LogP contribution is 2.37. The summed E-state index contributed by atoms with van der Waals surface area (Å²) >= 11 is 0. The fraction of sp³-hybridized carbons (Fsp3) is 0.525. The van der Waals surface area contributed by atoms with Gasteiger partial charge in [0, 0.05) is 132 Å². The first-order chi connectivity index (χ1) is 35.5. The lowest BCUT2D eigenvalue weighted by Gasteiger charge is -2.43. The third-order valence-corrected chi connectivity index (χ3v) is 16.3. The molecule has 3 amide bonds. The Balaban J connectivity index is 0.728. The molecule has 74 heavy (non-hydrogen) atoms. The van der Waals surface area contributed by atoms with Gasteiger partial charge in [-0.05, 0) is 141 Å². The molecule has 4 atom stereocenters. The smallest absolute Gasteiger partial charge is 0.410 e. The van der Waals surface area contributed by atoms with Crippen molar-refractivity contribution in [3.63, 3.8) is 0 Å². The minimum atomic E-state index is -0.511. The van der Waals surface area contributed by atoms with E-state index in [1.807, 2.05) is 47.1 Å². The van der Waals surface area contributed by atoms with Crippen molar-refractivity contribution in [2.24, 2.45) is 0 Å². The summed E-state index contributed by atoms with van der Waals surface area (Å²) in [5.41, 5.74) is 11.1. The van der Waals surface area contributed by atoms with Crippen LogP contribution < -0.4 is 20.4 Å². The number of anilines is 2. The Kier molecular flexibility index (Phi) is 14.7. The minimum absolute atomic E-state index is 0.0279. The van der Waals surface area contributed by atoms with E-state index in [-0.39, 0.29) is 23.7 Å². The Morgan fingerprint density at radius 2 is 1.26 bits per heavy atom. The highest BCUT2D eigenvalue weighted by molar-refractivity contribution is 5.82. The molecule has 4 saturated heterocycles. The zero-order valence-corrected chi connectivity index (χ0v) is 45.4. The highest BCUT2D eigenvalue weighted by atomic mass is 16.6.